The van der Waals surface area contributed by atoms with E-state index < -0.39 is 5.41 Å². The fourth-order valence-electron chi connectivity index (χ4n) is 3.80. The number of carbonyl (C=O) groups excluding carboxylic acids is 2. The van der Waals surface area contributed by atoms with Crippen molar-refractivity contribution < 1.29 is 9.59 Å². The Morgan fingerprint density at radius 1 is 0.821 bits per heavy atom. The summed E-state index contributed by atoms with van der Waals surface area (Å²) in [6, 6.07) is 16.9. The molecule has 0 aliphatic heterocycles. The first-order chi connectivity index (χ1) is 13.1. The highest BCUT2D eigenvalue weighted by Gasteiger charge is 2.35. The molecule has 0 heterocycles. The molecule has 2 aromatic carbocycles. The molecule has 28 heavy (non-hydrogen) atoms. The Labute approximate surface area is 170 Å². The van der Waals surface area contributed by atoms with Crippen LogP contribution < -0.4 is 0 Å². The van der Waals surface area contributed by atoms with Crippen molar-refractivity contribution in [2.45, 2.75) is 71.6 Å². The number of benzene rings is 2. The first kappa shape index (κ1) is 22.1. The third-order valence-corrected chi connectivity index (χ3v) is 5.81. The quantitative estimate of drug-likeness (QED) is 0.510. The summed E-state index contributed by atoms with van der Waals surface area (Å²) in [6.45, 7) is 12.9. The van der Waals surface area contributed by atoms with Crippen LogP contribution in [0.25, 0.3) is 0 Å². The third-order valence-electron chi connectivity index (χ3n) is 5.81. The van der Waals surface area contributed by atoms with Crippen LogP contribution >= 0.6 is 0 Å². The molecular weight excluding hydrogens is 344 g/mol. The fraction of sp³-hybridized carbons (Fsp3) is 0.462. The van der Waals surface area contributed by atoms with Crippen molar-refractivity contribution >= 4 is 12.6 Å². The van der Waals surface area contributed by atoms with Crippen LogP contribution in [-0.2, 0) is 21.4 Å². The topological polar surface area (TPSA) is 34.1 Å². The van der Waals surface area contributed by atoms with Gasteiger partial charge in [-0.25, -0.2) is 0 Å². The Balaban J connectivity index is 2.34. The Bertz CT molecular complexity index is 779. The van der Waals surface area contributed by atoms with Crippen LogP contribution in [0.2, 0.25) is 0 Å². The second kappa shape index (κ2) is 8.86. The van der Waals surface area contributed by atoms with Crippen molar-refractivity contribution in [2.24, 2.45) is 5.41 Å². The molecule has 2 rings (SSSR count). The molecule has 0 aliphatic carbocycles. The first-order valence-corrected chi connectivity index (χ1v) is 10.2. The molecule has 2 aromatic rings. The van der Waals surface area contributed by atoms with Gasteiger partial charge in [-0.15, -0.1) is 0 Å². The van der Waals surface area contributed by atoms with Gasteiger partial charge in [0, 0.05) is 17.8 Å². The predicted octanol–water partition coefficient (Wildman–Crippen LogP) is 6.23. The molecule has 2 nitrogen and oxygen atoms in total. The van der Waals surface area contributed by atoms with Gasteiger partial charge in [0.15, 0.2) is 0 Å². The summed E-state index contributed by atoms with van der Waals surface area (Å²) in [5.74, 6) is 0.344. The van der Waals surface area contributed by atoms with Crippen LogP contribution in [0.5, 0.6) is 0 Å². The molecule has 2 atom stereocenters. The molecule has 0 N–H and O–H groups in total. The normalized spacial score (nSPS) is 15.1. The standard InChI is InChI=1S/C26H34O2/c1-19(2)21-9-7-20(8-10-21)17-26(6,18-28)24(15-16-27)22-11-13-23(14-12-22)25(3,4)5/h7-14,16,18-19,24H,15,17H2,1-6H3. The maximum atomic E-state index is 12.2. The van der Waals surface area contributed by atoms with E-state index in [4.69, 9.17) is 0 Å². The molecule has 150 valence electrons. The van der Waals surface area contributed by atoms with Gasteiger partial charge in [0.05, 0.1) is 0 Å². The van der Waals surface area contributed by atoms with Gasteiger partial charge >= 0.3 is 0 Å². The lowest BCUT2D eigenvalue weighted by atomic mass is 9.69. The summed E-state index contributed by atoms with van der Waals surface area (Å²) in [6.07, 6.45) is 2.93. The van der Waals surface area contributed by atoms with E-state index >= 15 is 0 Å². The van der Waals surface area contributed by atoms with Gasteiger partial charge < -0.3 is 9.59 Å². The van der Waals surface area contributed by atoms with E-state index in [9.17, 15) is 9.59 Å². The lowest BCUT2D eigenvalue weighted by Gasteiger charge is -2.33. The Kier molecular flexibility index (Phi) is 6.98. The van der Waals surface area contributed by atoms with Crippen molar-refractivity contribution in [3.05, 3.63) is 70.8 Å². The molecule has 0 saturated carbocycles. The molecule has 0 aliphatic rings. The molecule has 0 spiro atoms. The molecule has 2 unspecified atom stereocenters. The highest BCUT2D eigenvalue weighted by molar-refractivity contribution is 5.65. The first-order valence-electron chi connectivity index (χ1n) is 10.2. The van der Waals surface area contributed by atoms with E-state index in [0.717, 1.165) is 23.7 Å². The predicted molar refractivity (Wildman–Crippen MR) is 117 cm³/mol. The van der Waals surface area contributed by atoms with Crippen molar-refractivity contribution in [1.82, 2.24) is 0 Å². The zero-order chi connectivity index (χ0) is 20.9. The van der Waals surface area contributed by atoms with Crippen molar-refractivity contribution in [3.63, 3.8) is 0 Å². The van der Waals surface area contributed by atoms with E-state index in [2.05, 4.69) is 83.1 Å². The summed E-state index contributed by atoms with van der Waals surface area (Å²) in [5.41, 5.74) is 4.15. The minimum absolute atomic E-state index is 0.0742. The summed E-state index contributed by atoms with van der Waals surface area (Å²) in [7, 11) is 0. The number of hydrogen-bond acceptors (Lipinski definition) is 2. The molecule has 0 aromatic heterocycles. The number of rotatable bonds is 8. The largest absolute Gasteiger partial charge is 0.303 e. The van der Waals surface area contributed by atoms with Crippen LogP contribution in [0.1, 0.15) is 82.1 Å². The van der Waals surface area contributed by atoms with Crippen LogP contribution in [-0.4, -0.2) is 12.6 Å². The van der Waals surface area contributed by atoms with Crippen LogP contribution in [0.15, 0.2) is 48.5 Å². The molecule has 0 fully saturated rings. The minimum Gasteiger partial charge on any atom is -0.303 e. The summed E-state index contributed by atoms with van der Waals surface area (Å²) < 4.78 is 0. The van der Waals surface area contributed by atoms with E-state index in [1.54, 1.807) is 0 Å². The zero-order valence-electron chi connectivity index (χ0n) is 18.2. The van der Waals surface area contributed by atoms with E-state index in [0.29, 0.717) is 18.8 Å². The lowest BCUT2D eigenvalue weighted by Crippen LogP contribution is -2.30. The average molecular weight is 379 g/mol. The van der Waals surface area contributed by atoms with Crippen molar-refractivity contribution in [3.8, 4) is 0 Å². The van der Waals surface area contributed by atoms with Gasteiger partial charge in [-0.1, -0.05) is 90.1 Å². The maximum Gasteiger partial charge on any atom is 0.126 e. The monoisotopic (exact) mass is 378 g/mol. The molecular formula is C26H34O2. The van der Waals surface area contributed by atoms with Gasteiger partial charge in [0.25, 0.3) is 0 Å². The maximum absolute atomic E-state index is 12.2. The van der Waals surface area contributed by atoms with E-state index in [-0.39, 0.29) is 11.3 Å². The van der Waals surface area contributed by atoms with Crippen LogP contribution in [0.4, 0.5) is 0 Å². The van der Waals surface area contributed by atoms with Crippen LogP contribution in [0.3, 0.4) is 0 Å². The van der Waals surface area contributed by atoms with Gasteiger partial charge in [-0.3, -0.25) is 0 Å². The van der Waals surface area contributed by atoms with Crippen molar-refractivity contribution in [1.29, 1.82) is 0 Å². The zero-order valence-corrected chi connectivity index (χ0v) is 18.2. The van der Waals surface area contributed by atoms with Gasteiger partial charge in [0.1, 0.15) is 12.6 Å². The highest BCUT2D eigenvalue weighted by Crippen LogP contribution is 2.40. The number of aldehydes is 2. The SMILES string of the molecule is CC(C)c1ccc(CC(C)(C=O)C(CC=O)c2ccc(C(C)(C)C)cc2)cc1. The second-order valence-electron chi connectivity index (χ2n) is 9.52. The Hall–Kier alpha value is -2.22. The molecule has 0 bridgehead atoms. The second-order valence-corrected chi connectivity index (χ2v) is 9.52. The van der Waals surface area contributed by atoms with Crippen LogP contribution in [0, 0.1) is 5.41 Å². The number of hydrogen-bond donors (Lipinski definition) is 0. The Morgan fingerprint density at radius 2 is 1.36 bits per heavy atom. The third kappa shape index (κ3) is 5.19. The minimum atomic E-state index is -0.635. The van der Waals surface area contributed by atoms with E-state index in [1.807, 2.05) is 6.92 Å². The molecule has 2 heteroatoms. The highest BCUT2D eigenvalue weighted by atomic mass is 16.1. The summed E-state index contributed by atoms with van der Waals surface area (Å²) in [5, 5.41) is 0. The van der Waals surface area contributed by atoms with E-state index in [1.165, 1.54) is 11.1 Å². The average Bonchev–Trinajstić information content (AvgIpc) is 2.66. The van der Waals surface area contributed by atoms with Gasteiger partial charge in [-0.2, -0.15) is 0 Å². The molecule has 0 amide bonds. The van der Waals surface area contributed by atoms with Gasteiger partial charge in [-0.05, 0) is 40.0 Å². The smallest absolute Gasteiger partial charge is 0.126 e. The van der Waals surface area contributed by atoms with Crippen molar-refractivity contribution in [2.75, 3.05) is 0 Å². The Morgan fingerprint density at radius 3 is 1.79 bits per heavy atom. The molecule has 0 radical (unpaired) electrons. The fourth-order valence-corrected chi connectivity index (χ4v) is 3.80. The summed E-state index contributed by atoms with van der Waals surface area (Å²) >= 11 is 0. The summed E-state index contributed by atoms with van der Waals surface area (Å²) in [4.78, 5) is 23.6. The van der Waals surface area contributed by atoms with Gasteiger partial charge in [0.2, 0.25) is 0 Å². The molecule has 0 saturated heterocycles. The number of carbonyl (C=O) groups is 2. The lowest BCUT2D eigenvalue weighted by molar-refractivity contribution is -0.117.